The lowest BCUT2D eigenvalue weighted by molar-refractivity contribution is -0.118. The summed E-state index contributed by atoms with van der Waals surface area (Å²) < 4.78 is 59.6. The predicted octanol–water partition coefficient (Wildman–Crippen LogP) is 6.77. The molecule has 0 aliphatic carbocycles. The number of hydrogen-bond donors (Lipinski definition) is 1. The van der Waals surface area contributed by atoms with Crippen LogP contribution in [0.25, 0.3) is 6.08 Å². The molecule has 0 spiro atoms. The van der Waals surface area contributed by atoms with Gasteiger partial charge in [-0.25, -0.2) is 13.2 Å². The maximum absolute atomic E-state index is 13.8. The highest BCUT2D eigenvalue weighted by molar-refractivity contribution is 7.92. The summed E-state index contributed by atoms with van der Waals surface area (Å²) in [6.07, 6.45) is 4.22. The van der Waals surface area contributed by atoms with Crippen molar-refractivity contribution in [3.8, 4) is 17.2 Å². The van der Waals surface area contributed by atoms with E-state index in [0.29, 0.717) is 23.3 Å². The summed E-state index contributed by atoms with van der Waals surface area (Å²) in [6, 6.07) is 13.6. The Labute approximate surface area is 309 Å². The predicted molar refractivity (Wildman–Crippen MR) is 197 cm³/mol. The largest absolute Gasteiger partial charge is 0.496 e. The summed E-state index contributed by atoms with van der Waals surface area (Å²) in [5.41, 5.74) is 2.73. The Morgan fingerprint density at radius 1 is 0.923 bits per heavy atom. The molecule has 0 aromatic heterocycles. The van der Waals surface area contributed by atoms with E-state index in [1.165, 1.54) is 51.7 Å². The van der Waals surface area contributed by atoms with E-state index in [1.54, 1.807) is 37.3 Å². The third kappa shape index (κ3) is 11.9. The number of halogens is 1. The zero-order valence-electron chi connectivity index (χ0n) is 30.0. The van der Waals surface area contributed by atoms with Crippen LogP contribution in [0.15, 0.2) is 77.2 Å². The highest BCUT2D eigenvalue weighted by Crippen LogP contribution is 2.41. The molecule has 0 saturated heterocycles. The zero-order valence-corrected chi connectivity index (χ0v) is 31.6. The summed E-state index contributed by atoms with van der Waals surface area (Å²) >= 11 is 6.31. The lowest BCUT2D eigenvalue weighted by Gasteiger charge is -2.20. The SMILES string of the molecule is CCC(NC(=O)OCc1ccccc1)C(=O)CS(=O)(=O)c1cc(/C=C/C(=O)c2c(OC)cc(OCOC)c(CC=C(C)C)c2OCOC)ccc1Cl. The zero-order chi connectivity index (χ0) is 38.3. The van der Waals surface area contributed by atoms with E-state index in [0.717, 1.165) is 11.1 Å². The number of sulfone groups is 1. The monoisotopic (exact) mass is 757 g/mol. The molecule has 0 aliphatic rings. The van der Waals surface area contributed by atoms with Gasteiger partial charge < -0.3 is 33.7 Å². The molecule has 3 aromatic rings. The first-order valence-corrected chi connectivity index (χ1v) is 18.2. The fourth-order valence-electron chi connectivity index (χ4n) is 4.88. The number of alkyl carbamates (subject to hydrolysis) is 1. The fourth-order valence-corrected chi connectivity index (χ4v) is 6.76. The van der Waals surface area contributed by atoms with Crippen molar-refractivity contribution in [2.45, 2.75) is 51.2 Å². The van der Waals surface area contributed by atoms with Gasteiger partial charge in [-0.2, -0.15) is 0 Å². The molecule has 0 radical (unpaired) electrons. The van der Waals surface area contributed by atoms with Crippen molar-refractivity contribution in [1.82, 2.24) is 5.32 Å². The van der Waals surface area contributed by atoms with Gasteiger partial charge in [0.15, 0.2) is 35.0 Å². The first kappa shape index (κ1) is 41.7. The van der Waals surface area contributed by atoms with Gasteiger partial charge in [0.1, 0.15) is 35.2 Å². The van der Waals surface area contributed by atoms with Crippen LogP contribution in [0.2, 0.25) is 5.02 Å². The molecular formula is C38H44ClNO11S. The van der Waals surface area contributed by atoms with E-state index >= 15 is 0 Å². The summed E-state index contributed by atoms with van der Waals surface area (Å²) in [4.78, 5) is 39.0. The standard InChI is InChI=1S/C38H44ClNO11S/c1-7-30(40-38(43)49-21-27-11-9-8-10-12-27)32(42)22-52(44,45)35-19-26(14-17-29(35)39)15-18-31(41)36-34(48-6)20-33(50-23-46-4)28(16-13-25(2)3)37(36)51-24-47-5/h8-15,17-20,30H,7,16,21-24H2,1-6H3,(H,40,43)/b18-15+. The van der Waals surface area contributed by atoms with Crippen molar-refractivity contribution in [1.29, 1.82) is 0 Å². The Morgan fingerprint density at radius 2 is 1.62 bits per heavy atom. The van der Waals surface area contributed by atoms with Crippen molar-refractivity contribution in [2.24, 2.45) is 0 Å². The van der Waals surface area contributed by atoms with Crippen LogP contribution in [-0.2, 0) is 41.9 Å². The van der Waals surface area contributed by atoms with Crippen molar-refractivity contribution < 1.29 is 51.2 Å². The topological polar surface area (TPSA) is 153 Å². The molecule has 3 aromatic carbocycles. The smallest absolute Gasteiger partial charge is 0.408 e. The Balaban J connectivity index is 1.88. The van der Waals surface area contributed by atoms with E-state index in [1.807, 2.05) is 26.0 Å². The summed E-state index contributed by atoms with van der Waals surface area (Å²) in [5, 5.41) is 2.32. The van der Waals surface area contributed by atoms with Gasteiger partial charge in [-0.05, 0) is 56.0 Å². The van der Waals surface area contributed by atoms with Gasteiger partial charge in [-0.3, -0.25) is 9.59 Å². The van der Waals surface area contributed by atoms with Crippen molar-refractivity contribution in [3.63, 3.8) is 0 Å². The molecule has 14 heteroatoms. The molecule has 3 rings (SSSR count). The van der Waals surface area contributed by atoms with E-state index < -0.39 is 39.3 Å². The second-order valence-electron chi connectivity index (χ2n) is 11.6. The van der Waals surface area contributed by atoms with Gasteiger partial charge in [0.25, 0.3) is 0 Å². The molecule has 0 aliphatic heterocycles. The van der Waals surface area contributed by atoms with E-state index in [2.05, 4.69) is 5.32 Å². The number of amides is 1. The van der Waals surface area contributed by atoms with E-state index in [9.17, 15) is 22.8 Å². The average molecular weight is 758 g/mol. The van der Waals surface area contributed by atoms with E-state index in [4.69, 9.17) is 40.0 Å². The van der Waals surface area contributed by atoms with E-state index in [-0.39, 0.29) is 53.6 Å². The quantitative estimate of drug-likeness (QED) is 0.0563. The summed E-state index contributed by atoms with van der Waals surface area (Å²) in [5.74, 6) is -1.47. The first-order valence-electron chi connectivity index (χ1n) is 16.2. The van der Waals surface area contributed by atoms with Crippen molar-refractivity contribution >= 4 is 45.2 Å². The van der Waals surface area contributed by atoms with Crippen LogP contribution < -0.4 is 19.5 Å². The molecule has 0 fully saturated rings. The summed E-state index contributed by atoms with van der Waals surface area (Å²) in [6.45, 7) is 5.24. The van der Waals surface area contributed by atoms with Crippen LogP contribution in [0.3, 0.4) is 0 Å². The molecule has 0 bridgehead atoms. The Morgan fingerprint density at radius 3 is 2.25 bits per heavy atom. The Hall–Kier alpha value is -4.69. The maximum Gasteiger partial charge on any atom is 0.408 e. The number of hydrogen-bond acceptors (Lipinski definition) is 11. The number of ketones is 2. The number of carbonyl (C=O) groups is 3. The van der Waals surface area contributed by atoms with Crippen molar-refractivity contribution in [3.05, 3.63) is 99.6 Å². The molecule has 0 saturated carbocycles. The number of ether oxygens (including phenoxy) is 6. The number of carbonyl (C=O) groups excluding carboxylic acids is 3. The van der Waals surface area contributed by atoms with Crippen LogP contribution in [0, 0.1) is 0 Å². The number of allylic oxidation sites excluding steroid dienone is 3. The maximum atomic E-state index is 13.8. The Bertz CT molecular complexity index is 1870. The van der Waals surface area contributed by atoms with Crippen LogP contribution in [0.1, 0.15) is 54.2 Å². The highest BCUT2D eigenvalue weighted by atomic mass is 35.5. The molecule has 280 valence electrons. The van der Waals surface area contributed by atoms with Gasteiger partial charge in [-0.15, -0.1) is 0 Å². The normalized spacial score (nSPS) is 11.8. The average Bonchev–Trinajstić information content (AvgIpc) is 3.12. The van der Waals surface area contributed by atoms with Crippen molar-refractivity contribution in [2.75, 3.05) is 40.7 Å². The highest BCUT2D eigenvalue weighted by Gasteiger charge is 2.29. The number of benzene rings is 3. The minimum absolute atomic E-state index is 0.0204. The fraction of sp³-hybridized carbons (Fsp3) is 0.342. The van der Waals surface area contributed by atoms with Crippen LogP contribution >= 0.6 is 11.6 Å². The minimum Gasteiger partial charge on any atom is -0.496 e. The molecule has 1 unspecified atom stereocenters. The molecule has 52 heavy (non-hydrogen) atoms. The van der Waals surface area contributed by atoms with Gasteiger partial charge in [-0.1, -0.05) is 72.6 Å². The van der Waals surface area contributed by atoms with Crippen LogP contribution in [0.5, 0.6) is 17.2 Å². The van der Waals surface area contributed by atoms with Gasteiger partial charge in [0.05, 0.1) is 23.1 Å². The number of methoxy groups -OCH3 is 3. The summed E-state index contributed by atoms with van der Waals surface area (Å²) in [7, 11) is 0.0392. The molecule has 0 heterocycles. The van der Waals surface area contributed by atoms with Gasteiger partial charge in [0.2, 0.25) is 0 Å². The second-order valence-corrected chi connectivity index (χ2v) is 14.0. The number of nitrogens with one attached hydrogen (secondary N) is 1. The van der Waals surface area contributed by atoms with Gasteiger partial charge >= 0.3 is 6.09 Å². The van der Waals surface area contributed by atoms with Crippen LogP contribution in [0.4, 0.5) is 4.79 Å². The second kappa shape index (κ2) is 20.4. The molecule has 1 amide bonds. The molecular weight excluding hydrogens is 714 g/mol. The number of Topliss-reactive ketones (excluding diaryl/α,β-unsaturated/α-hetero) is 1. The molecule has 1 atom stereocenters. The molecule has 1 N–H and O–H groups in total. The lowest BCUT2D eigenvalue weighted by atomic mass is 9.99. The molecule has 12 nitrogen and oxygen atoms in total. The lowest BCUT2D eigenvalue weighted by Crippen LogP contribution is -2.43. The third-order valence-electron chi connectivity index (χ3n) is 7.49. The Kier molecular flexibility index (Phi) is 16.4. The minimum atomic E-state index is -4.28. The number of rotatable bonds is 20. The third-order valence-corrected chi connectivity index (χ3v) is 9.61. The van der Waals surface area contributed by atoms with Gasteiger partial charge in [0, 0.05) is 25.8 Å². The first-order chi connectivity index (χ1) is 24.8. The van der Waals surface area contributed by atoms with Crippen LogP contribution in [-0.4, -0.2) is 72.8 Å².